The number of nitrogens with one attached hydrogen (secondary N) is 1. The number of aliphatic hydroxyl groups is 1. The molecule has 2 atom stereocenters. The molecule has 1 aliphatic rings. The number of hydrogen-bond donors (Lipinski definition) is 2. The van der Waals surface area contributed by atoms with E-state index in [2.05, 4.69) is 11.2 Å². The molecule has 0 aromatic heterocycles. The van der Waals surface area contributed by atoms with E-state index in [1.165, 1.54) is 0 Å². The zero-order valence-electron chi connectivity index (χ0n) is 11.9. The van der Waals surface area contributed by atoms with Gasteiger partial charge in [-0.25, -0.2) is 4.79 Å². The molecule has 0 aromatic carbocycles. The predicted molar refractivity (Wildman–Crippen MR) is 76.7 cm³/mol. The summed E-state index contributed by atoms with van der Waals surface area (Å²) in [5, 5.41) is 12.8. The van der Waals surface area contributed by atoms with E-state index < -0.39 is 0 Å². The van der Waals surface area contributed by atoms with Crippen molar-refractivity contribution in [2.24, 2.45) is 5.92 Å². The number of unbranched alkanes of at least 4 members (excludes halogenated alkanes) is 2. The molecule has 2 unspecified atom stereocenters. The quantitative estimate of drug-likeness (QED) is 0.570. The van der Waals surface area contributed by atoms with Crippen LogP contribution in [0.3, 0.4) is 0 Å². The van der Waals surface area contributed by atoms with Crippen molar-refractivity contribution in [2.45, 2.75) is 51.0 Å². The smallest absolute Gasteiger partial charge is 0.317 e. The molecule has 2 amide bonds. The first-order chi connectivity index (χ1) is 9.15. The van der Waals surface area contributed by atoms with Gasteiger partial charge in [0, 0.05) is 32.5 Å². The summed E-state index contributed by atoms with van der Waals surface area (Å²) in [6.07, 6.45) is 11.7. The summed E-state index contributed by atoms with van der Waals surface area (Å²) in [6.45, 7) is 1.30. The van der Waals surface area contributed by atoms with Crippen molar-refractivity contribution < 1.29 is 9.90 Å². The topological polar surface area (TPSA) is 52.6 Å². The largest absolute Gasteiger partial charge is 0.393 e. The SMILES string of the molecule is C#CCCCCNC(=O)N(C)CC1CCCCC1O. The average molecular weight is 266 g/mol. The maximum atomic E-state index is 11.8. The molecular formula is C15H26N2O2. The number of urea groups is 1. The summed E-state index contributed by atoms with van der Waals surface area (Å²) in [5.41, 5.74) is 0. The Hall–Kier alpha value is -1.21. The van der Waals surface area contributed by atoms with Gasteiger partial charge >= 0.3 is 6.03 Å². The zero-order chi connectivity index (χ0) is 14.1. The minimum Gasteiger partial charge on any atom is -0.393 e. The third kappa shape index (κ3) is 5.98. The van der Waals surface area contributed by atoms with Crippen LogP contribution in [0.2, 0.25) is 0 Å². The molecule has 2 N–H and O–H groups in total. The van der Waals surface area contributed by atoms with Crippen LogP contribution in [0.5, 0.6) is 0 Å². The van der Waals surface area contributed by atoms with Crippen LogP contribution in [0.4, 0.5) is 4.79 Å². The highest BCUT2D eigenvalue weighted by atomic mass is 16.3. The molecule has 0 spiro atoms. The molecule has 4 nitrogen and oxygen atoms in total. The Morgan fingerprint density at radius 3 is 2.84 bits per heavy atom. The number of rotatable bonds is 6. The van der Waals surface area contributed by atoms with E-state index in [0.29, 0.717) is 13.1 Å². The molecule has 0 heterocycles. The molecule has 1 aliphatic carbocycles. The third-order valence-electron chi connectivity index (χ3n) is 3.75. The van der Waals surface area contributed by atoms with E-state index in [1.54, 1.807) is 11.9 Å². The molecule has 0 radical (unpaired) electrons. The second kappa shape index (κ2) is 8.82. The molecule has 0 aromatic rings. The highest BCUT2D eigenvalue weighted by molar-refractivity contribution is 5.73. The Labute approximate surface area is 116 Å². The first-order valence-electron chi connectivity index (χ1n) is 7.25. The van der Waals surface area contributed by atoms with Gasteiger partial charge in [-0.1, -0.05) is 12.8 Å². The summed E-state index contributed by atoms with van der Waals surface area (Å²) < 4.78 is 0. The van der Waals surface area contributed by atoms with Gasteiger partial charge < -0.3 is 15.3 Å². The molecule has 1 saturated carbocycles. The van der Waals surface area contributed by atoms with E-state index in [-0.39, 0.29) is 18.1 Å². The van der Waals surface area contributed by atoms with Crippen molar-refractivity contribution in [1.82, 2.24) is 10.2 Å². The summed E-state index contributed by atoms with van der Waals surface area (Å²) in [4.78, 5) is 13.5. The maximum absolute atomic E-state index is 11.8. The minimum absolute atomic E-state index is 0.0570. The Balaban J connectivity index is 2.19. The van der Waals surface area contributed by atoms with Crippen LogP contribution in [-0.2, 0) is 0 Å². The maximum Gasteiger partial charge on any atom is 0.317 e. The molecule has 0 bridgehead atoms. The minimum atomic E-state index is -0.250. The van der Waals surface area contributed by atoms with Crippen LogP contribution in [-0.4, -0.2) is 42.3 Å². The van der Waals surface area contributed by atoms with E-state index in [9.17, 15) is 9.90 Å². The fraction of sp³-hybridized carbons (Fsp3) is 0.800. The second-order valence-corrected chi connectivity index (χ2v) is 5.39. The highest BCUT2D eigenvalue weighted by Crippen LogP contribution is 2.24. The Bertz CT molecular complexity index is 312. The normalized spacial score (nSPS) is 22.6. The van der Waals surface area contributed by atoms with Gasteiger partial charge in [0.25, 0.3) is 0 Å². The van der Waals surface area contributed by atoms with Gasteiger partial charge in [-0.2, -0.15) is 0 Å². The molecule has 1 rings (SSSR count). The molecule has 0 saturated heterocycles. The fourth-order valence-electron chi connectivity index (χ4n) is 2.52. The number of carbonyl (C=O) groups is 1. The first-order valence-corrected chi connectivity index (χ1v) is 7.25. The van der Waals surface area contributed by atoms with Gasteiger partial charge in [-0.15, -0.1) is 12.3 Å². The summed E-state index contributed by atoms with van der Waals surface area (Å²) >= 11 is 0. The zero-order valence-corrected chi connectivity index (χ0v) is 11.9. The predicted octanol–water partition coefficient (Wildman–Crippen LogP) is 1.98. The Morgan fingerprint density at radius 2 is 2.16 bits per heavy atom. The van der Waals surface area contributed by atoms with Crippen molar-refractivity contribution in [3.8, 4) is 12.3 Å². The molecular weight excluding hydrogens is 240 g/mol. The number of hydrogen-bond acceptors (Lipinski definition) is 2. The lowest BCUT2D eigenvalue weighted by molar-refractivity contribution is 0.0565. The van der Waals surface area contributed by atoms with E-state index in [0.717, 1.165) is 44.9 Å². The number of aliphatic hydroxyl groups excluding tert-OH is 1. The monoisotopic (exact) mass is 266 g/mol. The summed E-state index contributed by atoms with van der Waals surface area (Å²) in [6, 6.07) is -0.0570. The van der Waals surface area contributed by atoms with Crippen molar-refractivity contribution in [1.29, 1.82) is 0 Å². The Kier molecular flexibility index (Phi) is 7.35. The average Bonchev–Trinajstić information content (AvgIpc) is 2.41. The highest BCUT2D eigenvalue weighted by Gasteiger charge is 2.25. The lowest BCUT2D eigenvalue weighted by atomic mass is 9.86. The van der Waals surface area contributed by atoms with Crippen molar-refractivity contribution >= 4 is 6.03 Å². The Morgan fingerprint density at radius 1 is 1.42 bits per heavy atom. The number of nitrogens with zero attached hydrogens (tertiary/aromatic N) is 1. The van der Waals surface area contributed by atoms with Crippen LogP contribution in [0, 0.1) is 18.3 Å². The lowest BCUT2D eigenvalue weighted by Gasteiger charge is -2.31. The number of terminal acetylenes is 1. The summed E-state index contributed by atoms with van der Waals surface area (Å²) in [5.74, 6) is 2.81. The standard InChI is InChI=1S/C15H26N2O2/c1-3-4-5-8-11-16-15(19)17(2)12-13-9-6-7-10-14(13)18/h1,13-14,18H,4-12H2,2H3,(H,16,19). The van der Waals surface area contributed by atoms with Crippen molar-refractivity contribution in [2.75, 3.05) is 20.1 Å². The van der Waals surface area contributed by atoms with Gasteiger partial charge in [0.2, 0.25) is 0 Å². The van der Waals surface area contributed by atoms with Crippen LogP contribution >= 0.6 is 0 Å². The number of amides is 2. The lowest BCUT2D eigenvalue weighted by Crippen LogP contribution is -2.43. The van der Waals surface area contributed by atoms with Gasteiger partial charge in [0.1, 0.15) is 0 Å². The van der Waals surface area contributed by atoms with Crippen LogP contribution in [0.1, 0.15) is 44.9 Å². The van der Waals surface area contributed by atoms with Crippen LogP contribution in [0.25, 0.3) is 0 Å². The molecule has 108 valence electrons. The van der Waals surface area contributed by atoms with Crippen molar-refractivity contribution in [3.63, 3.8) is 0 Å². The van der Waals surface area contributed by atoms with E-state index in [1.807, 2.05) is 0 Å². The van der Waals surface area contributed by atoms with Crippen LogP contribution < -0.4 is 5.32 Å². The molecule has 1 fully saturated rings. The molecule has 0 aliphatic heterocycles. The molecule has 4 heteroatoms. The summed E-state index contributed by atoms with van der Waals surface area (Å²) in [7, 11) is 1.79. The van der Waals surface area contributed by atoms with E-state index >= 15 is 0 Å². The molecule has 19 heavy (non-hydrogen) atoms. The van der Waals surface area contributed by atoms with Crippen LogP contribution in [0.15, 0.2) is 0 Å². The third-order valence-corrected chi connectivity index (χ3v) is 3.75. The first kappa shape index (κ1) is 15.8. The number of carbonyl (C=O) groups excluding carboxylic acids is 1. The van der Waals surface area contributed by atoms with Gasteiger partial charge in [0.15, 0.2) is 0 Å². The van der Waals surface area contributed by atoms with Gasteiger partial charge in [0.05, 0.1) is 6.10 Å². The van der Waals surface area contributed by atoms with Gasteiger partial charge in [-0.05, 0) is 25.7 Å². The van der Waals surface area contributed by atoms with Gasteiger partial charge in [-0.3, -0.25) is 0 Å². The fourth-order valence-corrected chi connectivity index (χ4v) is 2.52. The van der Waals surface area contributed by atoms with Crippen molar-refractivity contribution in [3.05, 3.63) is 0 Å². The second-order valence-electron chi connectivity index (χ2n) is 5.39. The van der Waals surface area contributed by atoms with E-state index in [4.69, 9.17) is 6.42 Å².